The molecule has 3 nitrogen and oxygen atoms in total. The smallest absolute Gasteiger partial charge is 0.257 e. The fraction of sp³-hybridized carbons (Fsp3) is 0.500. The average Bonchev–Trinajstić information content (AvgIpc) is 2.56. The highest BCUT2D eigenvalue weighted by Gasteiger charge is 2.14. The molecule has 0 aliphatic carbocycles. The maximum atomic E-state index is 12.2. The Morgan fingerprint density at radius 2 is 1.43 bits per heavy atom. The highest BCUT2D eigenvalue weighted by atomic mass is 32.2. The van der Waals surface area contributed by atoms with E-state index in [0.717, 1.165) is 24.6 Å². The van der Waals surface area contributed by atoms with Crippen molar-refractivity contribution in [3.05, 3.63) is 35.9 Å². The molecular weight excluding hydrogens is 364 g/mol. The largest absolute Gasteiger partial charge is 0.347 e. The number of nitrogens with zero attached hydrogens (tertiary/aromatic N) is 1. The second-order valence-electron chi connectivity index (χ2n) is 4.95. The van der Waals surface area contributed by atoms with E-state index in [-0.39, 0.29) is 5.91 Å². The molecule has 1 aliphatic heterocycles. The number of benzene rings is 1. The van der Waals surface area contributed by atoms with Crippen molar-refractivity contribution in [2.24, 2.45) is 0 Å². The standard InChI is InChI=1S/C16H22N2OS4/c19-15(14-4-2-1-3-5-14)17-16(20)18-6-8-21-10-12-23-13-11-22-9-7-18/h1-5H,6-13H2,(H,17,19,20). The van der Waals surface area contributed by atoms with Gasteiger partial charge in [0, 0.05) is 53.2 Å². The Balaban J connectivity index is 1.87. The van der Waals surface area contributed by atoms with Crippen molar-refractivity contribution < 1.29 is 4.79 Å². The minimum absolute atomic E-state index is 0.126. The third kappa shape index (κ3) is 7.37. The summed E-state index contributed by atoms with van der Waals surface area (Å²) in [5.41, 5.74) is 0.643. The van der Waals surface area contributed by atoms with Crippen LogP contribution in [0, 0.1) is 0 Å². The number of hydrogen-bond acceptors (Lipinski definition) is 5. The molecule has 0 saturated carbocycles. The van der Waals surface area contributed by atoms with Crippen molar-refractivity contribution in [1.29, 1.82) is 0 Å². The Bertz CT molecular complexity index is 486. The van der Waals surface area contributed by atoms with E-state index < -0.39 is 0 Å². The molecule has 0 atom stereocenters. The molecule has 1 aliphatic rings. The fourth-order valence-electron chi connectivity index (χ4n) is 2.04. The summed E-state index contributed by atoms with van der Waals surface area (Å²) in [6.45, 7) is 1.79. The van der Waals surface area contributed by atoms with E-state index in [9.17, 15) is 4.79 Å². The van der Waals surface area contributed by atoms with E-state index in [2.05, 4.69) is 10.2 Å². The molecule has 7 heteroatoms. The summed E-state index contributed by atoms with van der Waals surface area (Å²) < 4.78 is 0. The average molecular weight is 387 g/mol. The second kappa shape index (κ2) is 11.2. The number of thiocarbonyl (C=S) groups is 1. The van der Waals surface area contributed by atoms with Crippen LogP contribution in [-0.4, -0.2) is 63.5 Å². The Labute approximate surface area is 156 Å². The summed E-state index contributed by atoms with van der Waals surface area (Å²) in [6.07, 6.45) is 0. The first-order chi connectivity index (χ1) is 11.3. The zero-order valence-corrected chi connectivity index (χ0v) is 16.3. The zero-order valence-electron chi connectivity index (χ0n) is 13.0. The topological polar surface area (TPSA) is 32.3 Å². The number of thioether (sulfide) groups is 3. The molecule has 1 N–H and O–H groups in total. The molecule has 1 saturated heterocycles. The molecular formula is C16H22N2OS4. The van der Waals surface area contributed by atoms with Gasteiger partial charge in [0.25, 0.3) is 5.91 Å². The maximum absolute atomic E-state index is 12.2. The Hall–Kier alpha value is -0.370. The van der Waals surface area contributed by atoms with Crippen molar-refractivity contribution in [3.63, 3.8) is 0 Å². The van der Waals surface area contributed by atoms with Gasteiger partial charge in [0.1, 0.15) is 0 Å². The number of hydrogen-bond donors (Lipinski definition) is 1. The lowest BCUT2D eigenvalue weighted by molar-refractivity contribution is 0.0973. The van der Waals surface area contributed by atoms with Crippen molar-refractivity contribution in [2.45, 2.75) is 0 Å². The molecule has 126 valence electrons. The SMILES string of the molecule is O=C(NC(=S)N1CCSCCSCCSCC1)c1ccccc1. The normalized spacial score (nSPS) is 17.7. The number of carbonyl (C=O) groups is 1. The molecule has 23 heavy (non-hydrogen) atoms. The Kier molecular flexibility index (Phi) is 9.26. The first-order valence-electron chi connectivity index (χ1n) is 7.66. The number of amides is 1. The molecule has 0 radical (unpaired) electrons. The summed E-state index contributed by atoms with van der Waals surface area (Å²) in [5, 5.41) is 3.42. The molecule has 1 aromatic rings. The van der Waals surface area contributed by atoms with Crippen molar-refractivity contribution in [3.8, 4) is 0 Å². The number of rotatable bonds is 1. The van der Waals surface area contributed by atoms with E-state index in [1.165, 1.54) is 23.0 Å². The molecule has 0 aromatic heterocycles. The lowest BCUT2D eigenvalue weighted by atomic mass is 10.2. The van der Waals surface area contributed by atoms with Gasteiger partial charge in [-0.1, -0.05) is 18.2 Å². The van der Waals surface area contributed by atoms with Gasteiger partial charge in [0.2, 0.25) is 0 Å². The van der Waals surface area contributed by atoms with Crippen LogP contribution >= 0.6 is 47.5 Å². The van der Waals surface area contributed by atoms with Crippen LogP contribution in [0.15, 0.2) is 30.3 Å². The van der Waals surface area contributed by atoms with Crippen LogP contribution in [0.1, 0.15) is 10.4 Å². The van der Waals surface area contributed by atoms with Crippen LogP contribution in [0.2, 0.25) is 0 Å². The first-order valence-corrected chi connectivity index (χ1v) is 11.5. The zero-order chi connectivity index (χ0) is 16.3. The van der Waals surface area contributed by atoms with Gasteiger partial charge < -0.3 is 4.90 Å². The molecule has 1 aromatic carbocycles. The van der Waals surface area contributed by atoms with Gasteiger partial charge in [0.15, 0.2) is 5.11 Å². The van der Waals surface area contributed by atoms with Gasteiger partial charge in [-0.25, -0.2) is 0 Å². The minimum Gasteiger partial charge on any atom is -0.347 e. The maximum Gasteiger partial charge on any atom is 0.257 e. The van der Waals surface area contributed by atoms with Gasteiger partial charge in [-0.15, -0.1) is 0 Å². The molecule has 1 amide bonds. The van der Waals surface area contributed by atoms with Crippen LogP contribution < -0.4 is 5.32 Å². The lowest BCUT2D eigenvalue weighted by Gasteiger charge is -2.25. The monoisotopic (exact) mass is 386 g/mol. The molecule has 0 bridgehead atoms. The minimum atomic E-state index is -0.126. The van der Waals surface area contributed by atoms with E-state index in [1.807, 2.05) is 53.5 Å². The van der Waals surface area contributed by atoms with Crippen molar-refractivity contribution in [2.75, 3.05) is 47.6 Å². The summed E-state index contributed by atoms with van der Waals surface area (Å²) >= 11 is 11.4. The lowest BCUT2D eigenvalue weighted by Crippen LogP contribution is -2.44. The van der Waals surface area contributed by atoms with Crippen molar-refractivity contribution in [1.82, 2.24) is 10.2 Å². The first kappa shape index (κ1) is 19.0. The van der Waals surface area contributed by atoms with Gasteiger partial charge in [0.05, 0.1) is 0 Å². The summed E-state index contributed by atoms with van der Waals surface area (Å²) in [4.78, 5) is 14.4. The van der Waals surface area contributed by atoms with E-state index in [4.69, 9.17) is 12.2 Å². The highest BCUT2D eigenvalue weighted by molar-refractivity contribution is 8.04. The molecule has 1 heterocycles. The molecule has 1 fully saturated rings. The van der Waals surface area contributed by atoms with Crippen LogP contribution in [0.25, 0.3) is 0 Å². The van der Waals surface area contributed by atoms with E-state index in [1.54, 1.807) is 12.1 Å². The van der Waals surface area contributed by atoms with Gasteiger partial charge in [-0.2, -0.15) is 35.3 Å². The quantitative estimate of drug-likeness (QED) is 0.746. The van der Waals surface area contributed by atoms with E-state index >= 15 is 0 Å². The van der Waals surface area contributed by atoms with Crippen molar-refractivity contribution >= 4 is 58.5 Å². The second-order valence-corrected chi connectivity index (χ2v) is 9.01. The van der Waals surface area contributed by atoms with Crippen LogP contribution in [0.4, 0.5) is 0 Å². The van der Waals surface area contributed by atoms with Gasteiger partial charge >= 0.3 is 0 Å². The van der Waals surface area contributed by atoms with E-state index in [0.29, 0.717) is 10.7 Å². The van der Waals surface area contributed by atoms with Gasteiger partial charge in [-0.3, -0.25) is 10.1 Å². The summed E-state index contributed by atoms with van der Waals surface area (Å²) in [7, 11) is 0. The highest BCUT2D eigenvalue weighted by Crippen LogP contribution is 2.13. The Morgan fingerprint density at radius 3 is 2.00 bits per heavy atom. The van der Waals surface area contributed by atoms with Gasteiger partial charge in [-0.05, 0) is 24.4 Å². The Morgan fingerprint density at radius 1 is 0.913 bits per heavy atom. The predicted molar refractivity (Wildman–Crippen MR) is 110 cm³/mol. The van der Waals surface area contributed by atoms with Crippen LogP contribution in [-0.2, 0) is 0 Å². The number of carbonyl (C=O) groups excluding carboxylic acids is 1. The van der Waals surface area contributed by atoms with Crippen LogP contribution in [0.3, 0.4) is 0 Å². The number of nitrogens with one attached hydrogen (secondary N) is 1. The summed E-state index contributed by atoms with van der Waals surface area (Å²) in [5.74, 6) is 6.79. The third-order valence-corrected chi connectivity index (χ3v) is 7.09. The molecule has 0 unspecified atom stereocenters. The fourth-order valence-corrected chi connectivity index (χ4v) is 5.52. The predicted octanol–water partition coefficient (Wildman–Crippen LogP) is 3.22. The summed E-state index contributed by atoms with van der Waals surface area (Å²) in [6, 6.07) is 9.23. The molecule has 0 spiro atoms. The third-order valence-electron chi connectivity index (χ3n) is 3.30. The van der Waals surface area contributed by atoms with Crippen LogP contribution in [0.5, 0.6) is 0 Å². The molecule has 2 rings (SSSR count).